The van der Waals surface area contributed by atoms with Crippen molar-refractivity contribution < 1.29 is 0 Å². The third-order valence-electron chi connectivity index (χ3n) is 3.72. The van der Waals surface area contributed by atoms with Gasteiger partial charge in [0.2, 0.25) is 0 Å². The van der Waals surface area contributed by atoms with E-state index in [4.69, 9.17) is 0 Å². The summed E-state index contributed by atoms with van der Waals surface area (Å²) >= 11 is 3.53. The Morgan fingerprint density at radius 3 is 2.90 bits per heavy atom. The molecule has 2 aromatic carbocycles. The first kappa shape index (κ1) is 11.9. The van der Waals surface area contributed by atoms with Crippen LogP contribution in [0.1, 0.15) is 5.56 Å². The Labute approximate surface area is 125 Å². The van der Waals surface area contributed by atoms with Gasteiger partial charge in [0.15, 0.2) is 0 Å². The second kappa shape index (κ2) is 4.56. The second-order valence-corrected chi connectivity index (χ2v) is 5.80. The van der Waals surface area contributed by atoms with Gasteiger partial charge < -0.3 is 4.90 Å². The molecule has 1 aliphatic heterocycles. The standard InChI is InChI=1S/C16H12BrN3/c17-12-5-6-14-13(9-12)16(19-10-18-14)20-8-7-11-3-1-2-4-15(11)20/h1-6,9-10H,7-8H2. The predicted molar refractivity (Wildman–Crippen MR) is 84.4 cm³/mol. The van der Waals surface area contributed by atoms with Crippen molar-refractivity contribution in [1.29, 1.82) is 0 Å². The van der Waals surface area contributed by atoms with E-state index in [1.165, 1.54) is 11.3 Å². The van der Waals surface area contributed by atoms with Gasteiger partial charge in [0, 0.05) is 22.1 Å². The first-order valence-corrected chi connectivity index (χ1v) is 7.38. The maximum absolute atomic E-state index is 4.52. The fourth-order valence-electron chi connectivity index (χ4n) is 2.79. The molecule has 4 heteroatoms. The van der Waals surface area contributed by atoms with Crippen LogP contribution in [0.25, 0.3) is 10.9 Å². The molecule has 1 aliphatic rings. The van der Waals surface area contributed by atoms with Crippen molar-refractivity contribution in [1.82, 2.24) is 9.97 Å². The summed E-state index contributed by atoms with van der Waals surface area (Å²) in [7, 11) is 0. The number of benzene rings is 2. The van der Waals surface area contributed by atoms with Crippen molar-refractivity contribution in [2.75, 3.05) is 11.4 Å². The molecule has 20 heavy (non-hydrogen) atoms. The molecule has 2 heterocycles. The quantitative estimate of drug-likeness (QED) is 0.674. The zero-order valence-corrected chi connectivity index (χ0v) is 12.3. The molecule has 0 aliphatic carbocycles. The third-order valence-corrected chi connectivity index (χ3v) is 4.21. The van der Waals surface area contributed by atoms with Crippen LogP contribution in [-0.4, -0.2) is 16.5 Å². The molecule has 0 unspecified atom stereocenters. The fraction of sp³-hybridized carbons (Fsp3) is 0.125. The number of hydrogen-bond acceptors (Lipinski definition) is 3. The average molecular weight is 326 g/mol. The van der Waals surface area contributed by atoms with Gasteiger partial charge in [0.1, 0.15) is 12.1 Å². The van der Waals surface area contributed by atoms with Crippen LogP contribution in [-0.2, 0) is 6.42 Å². The third kappa shape index (κ3) is 1.79. The van der Waals surface area contributed by atoms with Crippen molar-refractivity contribution in [3.8, 4) is 0 Å². The summed E-state index contributed by atoms with van der Waals surface area (Å²) in [6.45, 7) is 0.970. The Morgan fingerprint density at radius 2 is 1.95 bits per heavy atom. The Balaban J connectivity index is 1.94. The molecule has 0 spiro atoms. The van der Waals surface area contributed by atoms with Crippen molar-refractivity contribution in [3.05, 3.63) is 58.8 Å². The molecule has 0 bridgehead atoms. The van der Waals surface area contributed by atoms with Crippen LogP contribution in [0.3, 0.4) is 0 Å². The predicted octanol–water partition coefficient (Wildman–Crippen LogP) is 4.09. The lowest BCUT2D eigenvalue weighted by Gasteiger charge is -2.19. The normalized spacial score (nSPS) is 13.8. The van der Waals surface area contributed by atoms with Gasteiger partial charge in [-0.15, -0.1) is 0 Å². The summed E-state index contributed by atoms with van der Waals surface area (Å²) in [5.41, 5.74) is 3.62. The number of halogens is 1. The highest BCUT2D eigenvalue weighted by Gasteiger charge is 2.22. The SMILES string of the molecule is Brc1ccc2ncnc(N3CCc4ccccc43)c2c1. The molecular weight excluding hydrogens is 314 g/mol. The molecule has 0 radical (unpaired) electrons. The minimum Gasteiger partial charge on any atom is -0.325 e. The maximum Gasteiger partial charge on any atom is 0.144 e. The van der Waals surface area contributed by atoms with E-state index in [0.29, 0.717) is 0 Å². The lowest BCUT2D eigenvalue weighted by atomic mass is 10.2. The minimum absolute atomic E-state index is 0.970. The Morgan fingerprint density at radius 1 is 1.05 bits per heavy atom. The smallest absolute Gasteiger partial charge is 0.144 e. The van der Waals surface area contributed by atoms with Crippen LogP contribution in [0.4, 0.5) is 11.5 Å². The van der Waals surface area contributed by atoms with Crippen LogP contribution in [0, 0.1) is 0 Å². The molecule has 98 valence electrons. The second-order valence-electron chi connectivity index (χ2n) is 4.89. The summed E-state index contributed by atoms with van der Waals surface area (Å²) in [6, 6.07) is 14.6. The van der Waals surface area contributed by atoms with Crippen LogP contribution in [0.15, 0.2) is 53.3 Å². The largest absolute Gasteiger partial charge is 0.325 e. The number of nitrogens with zero attached hydrogens (tertiary/aromatic N) is 3. The first-order valence-electron chi connectivity index (χ1n) is 6.58. The van der Waals surface area contributed by atoms with Crippen molar-refractivity contribution >= 4 is 38.3 Å². The number of rotatable bonds is 1. The van der Waals surface area contributed by atoms with Gasteiger partial charge >= 0.3 is 0 Å². The Hall–Kier alpha value is -1.94. The zero-order valence-electron chi connectivity index (χ0n) is 10.8. The van der Waals surface area contributed by atoms with Gasteiger partial charge in [0.25, 0.3) is 0 Å². The van der Waals surface area contributed by atoms with Gasteiger partial charge in [-0.05, 0) is 36.2 Å². The van der Waals surface area contributed by atoms with E-state index in [1.54, 1.807) is 6.33 Å². The molecule has 3 aromatic rings. The molecule has 0 saturated carbocycles. The summed E-state index contributed by atoms with van der Waals surface area (Å²) in [4.78, 5) is 11.2. The van der Waals surface area contributed by atoms with Crippen molar-refractivity contribution in [2.45, 2.75) is 6.42 Å². The van der Waals surface area contributed by atoms with E-state index in [2.05, 4.69) is 61.1 Å². The molecule has 4 rings (SSSR count). The van der Waals surface area contributed by atoms with E-state index in [1.807, 2.05) is 12.1 Å². The summed E-state index contributed by atoms with van der Waals surface area (Å²) < 4.78 is 1.05. The van der Waals surface area contributed by atoms with Crippen LogP contribution < -0.4 is 4.90 Å². The Bertz CT molecular complexity index is 801. The maximum atomic E-state index is 4.52. The number of anilines is 2. The number of fused-ring (bicyclic) bond motifs is 2. The number of hydrogen-bond donors (Lipinski definition) is 0. The van der Waals surface area contributed by atoms with E-state index in [9.17, 15) is 0 Å². The molecule has 0 fully saturated rings. The topological polar surface area (TPSA) is 29.0 Å². The highest BCUT2D eigenvalue weighted by molar-refractivity contribution is 9.10. The van der Waals surface area contributed by atoms with Crippen LogP contribution in [0.2, 0.25) is 0 Å². The molecule has 0 amide bonds. The summed E-state index contributed by atoms with van der Waals surface area (Å²) in [6.07, 6.45) is 2.71. The minimum atomic E-state index is 0.970. The molecule has 0 atom stereocenters. The highest BCUT2D eigenvalue weighted by atomic mass is 79.9. The van der Waals surface area contributed by atoms with Crippen LogP contribution >= 0.6 is 15.9 Å². The van der Waals surface area contributed by atoms with Crippen molar-refractivity contribution in [3.63, 3.8) is 0 Å². The van der Waals surface area contributed by atoms with E-state index < -0.39 is 0 Å². The molecule has 0 saturated heterocycles. The van der Waals surface area contributed by atoms with Gasteiger partial charge in [0.05, 0.1) is 5.52 Å². The van der Waals surface area contributed by atoms with Gasteiger partial charge in [-0.3, -0.25) is 0 Å². The van der Waals surface area contributed by atoms with Crippen molar-refractivity contribution in [2.24, 2.45) is 0 Å². The summed E-state index contributed by atoms with van der Waals surface area (Å²) in [5, 5.41) is 1.08. The van der Waals surface area contributed by atoms with E-state index in [0.717, 1.165) is 34.2 Å². The number of para-hydroxylation sites is 1. The lowest BCUT2D eigenvalue weighted by molar-refractivity contribution is 0.974. The summed E-state index contributed by atoms with van der Waals surface area (Å²) in [5.74, 6) is 0.987. The Kier molecular flexibility index (Phi) is 2.70. The monoisotopic (exact) mass is 325 g/mol. The van der Waals surface area contributed by atoms with Gasteiger partial charge in [-0.25, -0.2) is 9.97 Å². The average Bonchev–Trinajstić information content (AvgIpc) is 2.90. The lowest BCUT2D eigenvalue weighted by Crippen LogP contribution is -2.15. The molecule has 3 nitrogen and oxygen atoms in total. The highest BCUT2D eigenvalue weighted by Crippen LogP contribution is 2.36. The fourth-order valence-corrected chi connectivity index (χ4v) is 3.15. The van der Waals surface area contributed by atoms with E-state index in [-0.39, 0.29) is 0 Å². The van der Waals surface area contributed by atoms with Gasteiger partial charge in [-0.1, -0.05) is 34.1 Å². The zero-order chi connectivity index (χ0) is 13.5. The van der Waals surface area contributed by atoms with Crippen LogP contribution in [0.5, 0.6) is 0 Å². The number of aromatic nitrogens is 2. The van der Waals surface area contributed by atoms with E-state index >= 15 is 0 Å². The van der Waals surface area contributed by atoms with Gasteiger partial charge in [-0.2, -0.15) is 0 Å². The molecular formula is C16H12BrN3. The first-order chi connectivity index (χ1) is 9.83. The molecule has 1 aromatic heterocycles. The molecule has 0 N–H and O–H groups in total.